The number of carbonyl (C=O) groups is 1. The van der Waals surface area contributed by atoms with Crippen LogP contribution in [0.3, 0.4) is 0 Å². The van der Waals surface area contributed by atoms with Crippen LogP contribution in [0.1, 0.15) is 42.4 Å². The number of carboxylic acids is 1. The number of aliphatic carboxylic acids is 1. The first-order chi connectivity index (χ1) is 7.97. The van der Waals surface area contributed by atoms with Gasteiger partial charge >= 0.3 is 5.97 Å². The Hall–Kier alpha value is -1.38. The predicted octanol–water partition coefficient (Wildman–Crippen LogP) is 3.34. The van der Waals surface area contributed by atoms with Crippen LogP contribution in [0.4, 0.5) is 4.39 Å². The van der Waals surface area contributed by atoms with Gasteiger partial charge in [-0.1, -0.05) is 18.9 Å². The molecule has 1 aromatic carbocycles. The van der Waals surface area contributed by atoms with Crippen LogP contribution in [0.2, 0.25) is 0 Å². The summed E-state index contributed by atoms with van der Waals surface area (Å²) in [5, 5.41) is 9.44. The van der Waals surface area contributed by atoms with E-state index in [4.69, 9.17) is 0 Å². The van der Waals surface area contributed by atoms with Crippen molar-refractivity contribution < 1.29 is 14.3 Å². The molecule has 2 nitrogen and oxygen atoms in total. The van der Waals surface area contributed by atoms with Gasteiger partial charge in [0.2, 0.25) is 0 Å². The lowest BCUT2D eigenvalue weighted by Crippen LogP contribution is -2.33. The van der Waals surface area contributed by atoms with Crippen molar-refractivity contribution in [2.75, 3.05) is 0 Å². The Bertz CT molecular complexity index is 460. The maximum absolute atomic E-state index is 14.0. The summed E-state index contributed by atoms with van der Waals surface area (Å²) in [4.78, 5) is 11.5. The van der Waals surface area contributed by atoms with Crippen LogP contribution in [0.25, 0.3) is 0 Å². The Kier molecular flexibility index (Phi) is 2.94. The SMILES string of the molecule is Cc1cc(F)c(C2(C(=O)O)CCCC2)cc1C. The lowest BCUT2D eigenvalue weighted by Gasteiger charge is -2.25. The van der Waals surface area contributed by atoms with Crippen molar-refractivity contribution >= 4 is 5.97 Å². The maximum atomic E-state index is 14.0. The van der Waals surface area contributed by atoms with Crippen molar-refractivity contribution in [1.82, 2.24) is 0 Å². The highest BCUT2D eigenvalue weighted by Crippen LogP contribution is 2.43. The third-order valence-electron chi connectivity index (χ3n) is 3.97. The molecule has 0 aliphatic heterocycles. The van der Waals surface area contributed by atoms with Gasteiger partial charge in [0.15, 0.2) is 0 Å². The molecule has 0 aromatic heterocycles. The highest BCUT2D eigenvalue weighted by Gasteiger charge is 2.44. The molecule has 2 rings (SSSR count). The number of benzene rings is 1. The summed E-state index contributed by atoms with van der Waals surface area (Å²) in [6, 6.07) is 3.16. The Morgan fingerprint density at radius 3 is 2.29 bits per heavy atom. The summed E-state index contributed by atoms with van der Waals surface area (Å²) < 4.78 is 14.0. The van der Waals surface area contributed by atoms with Crippen LogP contribution in [0.5, 0.6) is 0 Å². The fourth-order valence-corrected chi connectivity index (χ4v) is 2.72. The molecular weight excluding hydrogens is 219 g/mol. The molecule has 0 amide bonds. The highest BCUT2D eigenvalue weighted by molar-refractivity contribution is 5.82. The summed E-state index contributed by atoms with van der Waals surface area (Å²) in [6.07, 6.45) is 2.81. The summed E-state index contributed by atoms with van der Waals surface area (Å²) in [5.41, 5.74) is 1.19. The zero-order valence-electron chi connectivity index (χ0n) is 10.2. The van der Waals surface area contributed by atoms with Gasteiger partial charge in [-0.2, -0.15) is 0 Å². The topological polar surface area (TPSA) is 37.3 Å². The van der Waals surface area contributed by atoms with Crippen molar-refractivity contribution in [3.63, 3.8) is 0 Å². The summed E-state index contributed by atoms with van der Waals surface area (Å²) >= 11 is 0. The number of halogens is 1. The van der Waals surface area contributed by atoms with E-state index in [9.17, 15) is 14.3 Å². The minimum Gasteiger partial charge on any atom is -0.481 e. The molecule has 0 heterocycles. The molecular formula is C14H17FO2. The number of hydrogen-bond donors (Lipinski definition) is 1. The monoisotopic (exact) mass is 236 g/mol. The minimum atomic E-state index is -0.997. The van der Waals surface area contributed by atoms with E-state index in [2.05, 4.69) is 0 Å². The molecule has 1 aromatic rings. The fraction of sp³-hybridized carbons (Fsp3) is 0.500. The predicted molar refractivity (Wildman–Crippen MR) is 63.7 cm³/mol. The van der Waals surface area contributed by atoms with E-state index < -0.39 is 11.4 Å². The van der Waals surface area contributed by atoms with Crippen molar-refractivity contribution in [1.29, 1.82) is 0 Å². The van der Waals surface area contributed by atoms with Gasteiger partial charge in [0.1, 0.15) is 5.82 Å². The lowest BCUT2D eigenvalue weighted by atomic mass is 9.77. The summed E-state index contributed by atoms with van der Waals surface area (Å²) in [6.45, 7) is 3.73. The molecule has 0 spiro atoms. The average molecular weight is 236 g/mol. The van der Waals surface area contributed by atoms with E-state index in [0.717, 1.165) is 24.0 Å². The van der Waals surface area contributed by atoms with Gasteiger partial charge in [-0.05, 0) is 43.9 Å². The quantitative estimate of drug-likeness (QED) is 0.855. The largest absolute Gasteiger partial charge is 0.481 e. The molecule has 1 N–H and O–H groups in total. The van der Waals surface area contributed by atoms with Crippen LogP contribution in [-0.4, -0.2) is 11.1 Å². The zero-order valence-corrected chi connectivity index (χ0v) is 10.2. The van der Waals surface area contributed by atoms with E-state index in [1.165, 1.54) is 6.07 Å². The second-order valence-electron chi connectivity index (χ2n) is 5.01. The Morgan fingerprint density at radius 2 is 1.76 bits per heavy atom. The Balaban J connectivity index is 2.58. The Labute approximate surface area is 100 Å². The van der Waals surface area contributed by atoms with Crippen LogP contribution in [0.15, 0.2) is 12.1 Å². The maximum Gasteiger partial charge on any atom is 0.314 e. The van der Waals surface area contributed by atoms with E-state index in [-0.39, 0.29) is 5.82 Å². The molecule has 0 radical (unpaired) electrons. The first kappa shape index (κ1) is 12.1. The molecule has 1 fully saturated rings. The van der Waals surface area contributed by atoms with Crippen molar-refractivity contribution in [2.24, 2.45) is 0 Å². The second kappa shape index (κ2) is 4.13. The smallest absolute Gasteiger partial charge is 0.314 e. The van der Waals surface area contributed by atoms with Crippen LogP contribution in [0, 0.1) is 19.7 Å². The molecule has 17 heavy (non-hydrogen) atoms. The second-order valence-corrected chi connectivity index (χ2v) is 5.01. The standard InChI is InChI=1S/C14H17FO2/c1-9-7-11(12(15)8-10(9)2)14(13(16)17)5-3-4-6-14/h7-8H,3-6H2,1-2H3,(H,16,17). The first-order valence-electron chi connectivity index (χ1n) is 5.98. The molecule has 0 unspecified atom stereocenters. The molecule has 92 valence electrons. The molecule has 0 bridgehead atoms. The van der Waals surface area contributed by atoms with Gasteiger partial charge in [0, 0.05) is 5.56 Å². The summed E-state index contributed by atoms with van der Waals surface area (Å²) in [5.74, 6) is -1.27. The van der Waals surface area contributed by atoms with Crippen molar-refractivity contribution in [3.05, 3.63) is 34.6 Å². The minimum absolute atomic E-state index is 0.366. The van der Waals surface area contributed by atoms with Gasteiger partial charge in [-0.3, -0.25) is 4.79 Å². The van der Waals surface area contributed by atoms with Gasteiger partial charge in [0.05, 0.1) is 5.41 Å². The van der Waals surface area contributed by atoms with Crippen LogP contribution < -0.4 is 0 Å². The average Bonchev–Trinajstić information content (AvgIpc) is 2.73. The molecule has 0 atom stereocenters. The first-order valence-corrected chi connectivity index (χ1v) is 5.98. The number of rotatable bonds is 2. The third-order valence-corrected chi connectivity index (χ3v) is 3.97. The number of aryl methyl sites for hydroxylation is 2. The van der Waals surface area contributed by atoms with Crippen molar-refractivity contribution in [3.8, 4) is 0 Å². The molecule has 1 aliphatic rings. The van der Waals surface area contributed by atoms with E-state index >= 15 is 0 Å². The molecule has 1 saturated carbocycles. The molecule has 0 saturated heterocycles. The third kappa shape index (κ3) is 1.84. The zero-order chi connectivity index (χ0) is 12.6. The van der Waals surface area contributed by atoms with E-state index in [0.29, 0.717) is 18.4 Å². The van der Waals surface area contributed by atoms with Gasteiger partial charge in [-0.25, -0.2) is 4.39 Å². The van der Waals surface area contributed by atoms with Gasteiger partial charge < -0.3 is 5.11 Å². The van der Waals surface area contributed by atoms with Crippen LogP contribution in [-0.2, 0) is 10.2 Å². The van der Waals surface area contributed by atoms with Gasteiger partial charge in [0.25, 0.3) is 0 Å². The molecule has 1 aliphatic carbocycles. The number of hydrogen-bond acceptors (Lipinski definition) is 1. The van der Waals surface area contributed by atoms with Crippen LogP contribution >= 0.6 is 0 Å². The van der Waals surface area contributed by atoms with E-state index in [1.54, 1.807) is 6.07 Å². The van der Waals surface area contributed by atoms with Crippen molar-refractivity contribution in [2.45, 2.75) is 44.9 Å². The Morgan fingerprint density at radius 1 is 1.24 bits per heavy atom. The normalized spacial score (nSPS) is 18.3. The molecule has 3 heteroatoms. The summed E-state index contributed by atoms with van der Waals surface area (Å²) in [7, 11) is 0. The lowest BCUT2D eigenvalue weighted by molar-refractivity contribution is -0.143. The van der Waals surface area contributed by atoms with E-state index in [1.807, 2.05) is 13.8 Å². The fourth-order valence-electron chi connectivity index (χ4n) is 2.72. The number of carboxylic acid groups (broad SMARTS) is 1. The highest BCUT2D eigenvalue weighted by atomic mass is 19.1. The van der Waals surface area contributed by atoms with Gasteiger partial charge in [-0.15, -0.1) is 0 Å².